The Kier molecular flexibility index (Phi) is 7.18. The molecule has 5 nitrogen and oxygen atoms in total. The van der Waals surface area contributed by atoms with Crippen LogP contribution in [0.2, 0.25) is 0 Å². The lowest BCUT2D eigenvalue weighted by atomic mass is 10.2. The van der Waals surface area contributed by atoms with Gasteiger partial charge in [0.1, 0.15) is 11.6 Å². The first-order chi connectivity index (χ1) is 13.1. The molecule has 0 radical (unpaired) electrons. The summed E-state index contributed by atoms with van der Waals surface area (Å²) in [5.41, 5.74) is 2.88. The second-order valence-electron chi connectivity index (χ2n) is 6.74. The van der Waals surface area contributed by atoms with Crippen LogP contribution in [0.15, 0.2) is 29.8 Å². The van der Waals surface area contributed by atoms with Crippen molar-refractivity contribution in [1.29, 1.82) is 0 Å². The molecule has 146 valence electrons. The van der Waals surface area contributed by atoms with Crippen molar-refractivity contribution in [3.8, 4) is 5.75 Å². The highest BCUT2D eigenvalue weighted by molar-refractivity contribution is 7.09. The Balaban J connectivity index is 1.29. The number of aromatic nitrogens is 1. The van der Waals surface area contributed by atoms with E-state index in [0.717, 1.165) is 51.3 Å². The van der Waals surface area contributed by atoms with E-state index in [1.54, 1.807) is 23.5 Å². The van der Waals surface area contributed by atoms with Crippen molar-refractivity contribution in [3.05, 3.63) is 46.2 Å². The third-order valence-electron chi connectivity index (χ3n) is 4.84. The Morgan fingerprint density at radius 2 is 1.96 bits per heavy atom. The highest BCUT2D eigenvalue weighted by atomic mass is 32.1. The van der Waals surface area contributed by atoms with E-state index in [2.05, 4.69) is 9.88 Å². The maximum Gasteiger partial charge on any atom is 0.223 e. The molecule has 7 heteroatoms. The first-order valence-electron chi connectivity index (χ1n) is 9.39. The number of hydrogen-bond acceptors (Lipinski definition) is 5. The minimum absolute atomic E-state index is 0.238. The number of carbonyl (C=O) groups excluding carboxylic acids is 1. The largest absolute Gasteiger partial charge is 0.494 e. The molecule has 0 atom stereocenters. The summed E-state index contributed by atoms with van der Waals surface area (Å²) in [5.74, 6) is 0.682. The lowest BCUT2D eigenvalue weighted by Crippen LogP contribution is -2.49. The van der Waals surface area contributed by atoms with Crippen molar-refractivity contribution in [2.75, 3.05) is 39.3 Å². The van der Waals surface area contributed by atoms with Gasteiger partial charge in [-0.25, -0.2) is 9.37 Å². The van der Waals surface area contributed by atoms with Crippen LogP contribution in [0.4, 0.5) is 4.39 Å². The summed E-state index contributed by atoms with van der Waals surface area (Å²) in [4.78, 5) is 22.2. The second kappa shape index (κ2) is 9.80. The fourth-order valence-corrected chi connectivity index (χ4v) is 3.96. The normalized spacial score (nSPS) is 15.1. The number of carbonyl (C=O) groups is 1. The minimum Gasteiger partial charge on any atom is -0.494 e. The van der Waals surface area contributed by atoms with E-state index in [4.69, 9.17) is 4.74 Å². The van der Waals surface area contributed by atoms with Crippen LogP contribution in [0.3, 0.4) is 0 Å². The number of halogens is 1. The molecule has 0 N–H and O–H groups in total. The zero-order valence-electron chi connectivity index (χ0n) is 15.7. The Labute approximate surface area is 163 Å². The Hall–Kier alpha value is -1.99. The summed E-state index contributed by atoms with van der Waals surface area (Å²) in [6.07, 6.45) is 2.26. The fraction of sp³-hybridized carbons (Fsp3) is 0.500. The zero-order valence-corrected chi connectivity index (χ0v) is 16.5. The van der Waals surface area contributed by atoms with E-state index in [1.807, 2.05) is 17.3 Å². The molecule has 2 heterocycles. The van der Waals surface area contributed by atoms with Gasteiger partial charge in [-0.3, -0.25) is 9.69 Å². The summed E-state index contributed by atoms with van der Waals surface area (Å²) in [5, 5.41) is 0. The third-order valence-corrected chi connectivity index (χ3v) is 5.83. The number of rotatable bonds is 8. The van der Waals surface area contributed by atoms with Gasteiger partial charge in [-0.2, -0.15) is 0 Å². The zero-order chi connectivity index (χ0) is 19.1. The topological polar surface area (TPSA) is 45.7 Å². The Morgan fingerprint density at radius 1 is 1.22 bits per heavy atom. The molecule has 0 aliphatic carbocycles. The molecule has 2 aromatic rings. The van der Waals surface area contributed by atoms with Crippen LogP contribution >= 0.6 is 11.3 Å². The SMILES string of the molecule is Cc1ncsc1CCC(=O)N1CCN(CCCOc2ccc(F)cc2)CC1. The molecule has 1 fully saturated rings. The summed E-state index contributed by atoms with van der Waals surface area (Å²) in [6, 6.07) is 6.10. The molecule has 1 amide bonds. The average molecular weight is 392 g/mol. The van der Waals surface area contributed by atoms with E-state index >= 15 is 0 Å². The summed E-state index contributed by atoms with van der Waals surface area (Å²) < 4.78 is 18.5. The molecule has 0 unspecified atom stereocenters. The lowest BCUT2D eigenvalue weighted by Gasteiger charge is -2.34. The number of benzene rings is 1. The van der Waals surface area contributed by atoms with E-state index in [9.17, 15) is 9.18 Å². The fourth-order valence-electron chi connectivity index (χ4n) is 3.17. The van der Waals surface area contributed by atoms with Gasteiger partial charge >= 0.3 is 0 Å². The van der Waals surface area contributed by atoms with Gasteiger partial charge in [0.15, 0.2) is 0 Å². The van der Waals surface area contributed by atoms with Crippen molar-refractivity contribution in [2.24, 2.45) is 0 Å². The number of hydrogen-bond donors (Lipinski definition) is 0. The van der Waals surface area contributed by atoms with Gasteiger partial charge in [0.05, 0.1) is 17.8 Å². The van der Waals surface area contributed by atoms with Gasteiger partial charge in [-0.15, -0.1) is 11.3 Å². The maximum atomic E-state index is 12.9. The summed E-state index contributed by atoms with van der Waals surface area (Å²) in [6.45, 7) is 6.94. The van der Waals surface area contributed by atoms with Crippen molar-refractivity contribution in [1.82, 2.24) is 14.8 Å². The molecule has 3 rings (SSSR count). The lowest BCUT2D eigenvalue weighted by molar-refractivity contribution is -0.132. The number of aryl methyl sites for hydroxylation is 2. The summed E-state index contributed by atoms with van der Waals surface area (Å²) in [7, 11) is 0. The van der Waals surface area contributed by atoms with E-state index in [-0.39, 0.29) is 11.7 Å². The number of amides is 1. The quantitative estimate of drug-likeness (QED) is 0.649. The highest BCUT2D eigenvalue weighted by Gasteiger charge is 2.20. The molecule has 27 heavy (non-hydrogen) atoms. The van der Waals surface area contributed by atoms with Gasteiger partial charge in [-0.05, 0) is 44.0 Å². The van der Waals surface area contributed by atoms with Crippen LogP contribution in [0.25, 0.3) is 0 Å². The molecule has 1 saturated heterocycles. The molecule has 0 saturated carbocycles. The second-order valence-corrected chi connectivity index (χ2v) is 7.68. The highest BCUT2D eigenvalue weighted by Crippen LogP contribution is 2.16. The van der Waals surface area contributed by atoms with E-state index < -0.39 is 0 Å². The van der Waals surface area contributed by atoms with Crippen LogP contribution in [-0.4, -0.2) is 60.0 Å². The number of thiazole rings is 1. The number of ether oxygens (including phenoxy) is 1. The van der Waals surface area contributed by atoms with Crippen molar-refractivity contribution in [3.63, 3.8) is 0 Å². The first-order valence-corrected chi connectivity index (χ1v) is 10.3. The van der Waals surface area contributed by atoms with Crippen molar-refractivity contribution in [2.45, 2.75) is 26.2 Å². The molecule has 1 aromatic heterocycles. The minimum atomic E-state index is -0.253. The van der Waals surface area contributed by atoms with Crippen LogP contribution in [0.1, 0.15) is 23.4 Å². The van der Waals surface area contributed by atoms with Gasteiger partial charge in [-0.1, -0.05) is 0 Å². The predicted molar refractivity (Wildman–Crippen MR) is 105 cm³/mol. The first kappa shape index (κ1) is 19.8. The number of nitrogens with zero attached hydrogens (tertiary/aromatic N) is 3. The van der Waals surface area contributed by atoms with Gasteiger partial charge in [0.25, 0.3) is 0 Å². The molecule has 0 spiro atoms. The van der Waals surface area contributed by atoms with Crippen molar-refractivity contribution >= 4 is 17.2 Å². The molecule has 1 aromatic carbocycles. The smallest absolute Gasteiger partial charge is 0.223 e. The van der Waals surface area contributed by atoms with Gasteiger partial charge < -0.3 is 9.64 Å². The van der Waals surface area contributed by atoms with Gasteiger partial charge in [0, 0.05) is 44.0 Å². The molecule has 1 aliphatic heterocycles. The van der Waals surface area contributed by atoms with Crippen LogP contribution in [-0.2, 0) is 11.2 Å². The Bertz CT molecular complexity index is 727. The van der Waals surface area contributed by atoms with E-state index in [0.29, 0.717) is 18.8 Å². The summed E-state index contributed by atoms with van der Waals surface area (Å²) >= 11 is 1.63. The monoisotopic (exact) mass is 391 g/mol. The molecule has 0 bridgehead atoms. The molecular formula is C20H26FN3O2S. The predicted octanol–water partition coefficient (Wildman–Crippen LogP) is 3.14. The molecule has 1 aliphatic rings. The van der Waals surface area contributed by atoms with Crippen LogP contribution < -0.4 is 4.74 Å². The standard InChI is InChI=1S/C20H26FN3O2S/c1-16-19(27-15-22-16)7-8-20(25)24-12-10-23(11-13-24)9-2-14-26-18-5-3-17(21)4-6-18/h3-6,15H,2,7-14H2,1H3. The van der Waals surface area contributed by atoms with E-state index in [1.165, 1.54) is 17.0 Å². The Morgan fingerprint density at radius 3 is 2.63 bits per heavy atom. The van der Waals surface area contributed by atoms with Crippen LogP contribution in [0, 0.1) is 12.7 Å². The third kappa shape index (κ3) is 6.01. The van der Waals surface area contributed by atoms with Gasteiger partial charge in [0.2, 0.25) is 5.91 Å². The van der Waals surface area contributed by atoms with Crippen molar-refractivity contribution < 1.29 is 13.9 Å². The van der Waals surface area contributed by atoms with Crippen LogP contribution in [0.5, 0.6) is 5.75 Å². The maximum absolute atomic E-state index is 12.9. The average Bonchev–Trinajstić information content (AvgIpc) is 3.10. The number of piperazine rings is 1. The molecular weight excluding hydrogens is 365 g/mol.